The van der Waals surface area contributed by atoms with Crippen molar-refractivity contribution in [2.45, 2.75) is 37.7 Å². The Balaban J connectivity index is 1.82. The highest BCUT2D eigenvalue weighted by Gasteiger charge is 2.32. The molecule has 96 valence electrons. The van der Waals surface area contributed by atoms with Crippen LogP contribution in [0.3, 0.4) is 0 Å². The second-order valence-corrected chi connectivity index (χ2v) is 4.29. The van der Waals surface area contributed by atoms with E-state index in [0.29, 0.717) is 12.6 Å². The molecular formula is C10H14F3N3O. The van der Waals surface area contributed by atoms with Gasteiger partial charge in [0.2, 0.25) is 0 Å². The summed E-state index contributed by atoms with van der Waals surface area (Å²) in [5.74, 6) is 0. The smallest absolute Gasteiger partial charge is 0.390 e. The van der Waals surface area contributed by atoms with E-state index in [4.69, 9.17) is 0 Å². The minimum atomic E-state index is -4.38. The number of hydrogen-bond donors (Lipinski definition) is 2. The highest BCUT2D eigenvalue weighted by atomic mass is 19.4. The van der Waals surface area contributed by atoms with Crippen molar-refractivity contribution in [3.8, 4) is 0 Å². The second kappa shape index (κ2) is 4.66. The summed E-state index contributed by atoms with van der Waals surface area (Å²) in [7, 11) is 0. The third-order valence-corrected chi connectivity index (χ3v) is 2.58. The first kappa shape index (κ1) is 12.4. The van der Waals surface area contributed by atoms with Crippen LogP contribution in [0.15, 0.2) is 12.4 Å². The molecule has 0 amide bonds. The molecule has 0 spiro atoms. The number of alkyl halides is 3. The topological polar surface area (TPSA) is 50.1 Å². The van der Waals surface area contributed by atoms with Crippen molar-refractivity contribution in [3.63, 3.8) is 0 Å². The van der Waals surface area contributed by atoms with E-state index in [1.54, 1.807) is 0 Å². The highest BCUT2D eigenvalue weighted by molar-refractivity contribution is 5.08. The van der Waals surface area contributed by atoms with Crippen LogP contribution in [0.5, 0.6) is 0 Å². The van der Waals surface area contributed by atoms with Crippen LogP contribution >= 0.6 is 0 Å². The first-order valence-electron chi connectivity index (χ1n) is 5.46. The summed E-state index contributed by atoms with van der Waals surface area (Å²) in [5, 5.41) is 16.3. The molecule has 1 atom stereocenters. The number of halogens is 3. The summed E-state index contributed by atoms with van der Waals surface area (Å²) in [6.07, 6.45) is -1.23. The predicted molar refractivity (Wildman–Crippen MR) is 54.3 cm³/mol. The van der Waals surface area contributed by atoms with Gasteiger partial charge in [0.05, 0.1) is 24.4 Å². The lowest BCUT2D eigenvalue weighted by atomic mass is 10.3. The number of aliphatic hydroxyl groups excluding tert-OH is 1. The molecule has 0 saturated heterocycles. The fraction of sp³-hybridized carbons (Fsp3) is 0.700. The Labute approximate surface area is 96.4 Å². The molecule has 7 heteroatoms. The van der Waals surface area contributed by atoms with Crippen LogP contribution < -0.4 is 5.32 Å². The van der Waals surface area contributed by atoms with Gasteiger partial charge in [-0.25, -0.2) is 0 Å². The summed E-state index contributed by atoms with van der Waals surface area (Å²) < 4.78 is 37.9. The van der Waals surface area contributed by atoms with Crippen LogP contribution in [-0.4, -0.2) is 33.6 Å². The molecule has 17 heavy (non-hydrogen) atoms. The molecule has 0 aromatic carbocycles. The molecule has 0 bridgehead atoms. The Morgan fingerprint density at radius 1 is 1.53 bits per heavy atom. The molecule has 0 aliphatic heterocycles. The van der Waals surface area contributed by atoms with Gasteiger partial charge in [0.25, 0.3) is 0 Å². The number of rotatable bonds is 5. The first-order chi connectivity index (χ1) is 7.95. The van der Waals surface area contributed by atoms with Gasteiger partial charge in [-0.1, -0.05) is 0 Å². The molecule has 1 aromatic rings. The number of hydrogen-bond acceptors (Lipinski definition) is 3. The number of aromatic nitrogens is 2. The molecule has 2 N–H and O–H groups in total. The average molecular weight is 249 g/mol. The maximum atomic E-state index is 12.3. The van der Waals surface area contributed by atoms with Crippen molar-refractivity contribution in [1.82, 2.24) is 15.1 Å². The van der Waals surface area contributed by atoms with Crippen LogP contribution in [0.1, 0.15) is 18.4 Å². The summed E-state index contributed by atoms with van der Waals surface area (Å²) in [4.78, 5) is 0. The zero-order chi connectivity index (χ0) is 12.5. The third kappa shape index (κ3) is 3.71. The highest BCUT2D eigenvalue weighted by Crippen LogP contribution is 2.28. The van der Waals surface area contributed by atoms with Crippen LogP contribution in [0.25, 0.3) is 0 Å². The average Bonchev–Trinajstić information content (AvgIpc) is 2.93. The second-order valence-electron chi connectivity index (χ2n) is 4.29. The Bertz CT molecular complexity index is 373. The Kier molecular flexibility index (Phi) is 3.39. The van der Waals surface area contributed by atoms with Crippen molar-refractivity contribution in [3.05, 3.63) is 18.0 Å². The Hall–Kier alpha value is -1.08. The minimum Gasteiger partial charge on any atom is -0.390 e. The lowest BCUT2D eigenvalue weighted by molar-refractivity contribution is -0.137. The zero-order valence-corrected chi connectivity index (χ0v) is 9.11. The largest absolute Gasteiger partial charge is 0.419 e. The third-order valence-electron chi connectivity index (χ3n) is 2.58. The van der Waals surface area contributed by atoms with Crippen molar-refractivity contribution in [2.75, 3.05) is 6.54 Å². The van der Waals surface area contributed by atoms with Crippen LogP contribution in [-0.2, 0) is 12.7 Å². The quantitative estimate of drug-likeness (QED) is 0.819. The van der Waals surface area contributed by atoms with Crippen LogP contribution in [0.2, 0.25) is 0 Å². The van der Waals surface area contributed by atoms with E-state index in [-0.39, 0.29) is 6.54 Å². The van der Waals surface area contributed by atoms with Gasteiger partial charge in [0.15, 0.2) is 0 Å². The van der Waals surface area contributed by atoms with Gasteiger partial charge in [-0.05, 0) is 12.8 Å². The van der Waals surface area contributed by atoms with Gasteiger partial charge in [0, 0.05) is 18.8 Å². The van der Waals surface area contributed by atoms with E-state index in [1.807, 2.05) is 0 Å². The monoisotopic (exact) mass is 249 g/mol. The molecule has 0 radical (unpaired) electrons. The predicted octanol–water partition coefficient (Wildman–Crippen LogP) is 1.01. The Morgan fingerprint density at radius 2 is 2.24 bits per heavy atom. The number of aliphatic hydroxyl groups is 1. The molecule has 2 rings (SSSR count). The van der Waals surface area contributed by atoms with Crippen molar-refractivity contribution in [2.24, 2.45) is 0 Å². The fourth-order valence-corrected chi connectivity index (χ4v) is 1.48. The van der Waals surface area contributed by atoms with E-state index in [2.05, 4.69) is 10.4 Å². The number of nitrogens with one attached hydrogen (secondary N) is 1. The van der Waals surface area contributed by atoms with E-state index in [1.165, 1.54) is 0 Å². The normalized spacial score (nSPS) is 18.4. The SMILES string of the molecule is OC(CNC1CC1)Cn1cc(C(F)(F)F)cn1. The molecule has 1 aliphatic rings. The molecule has 1 fully saturated rings. The summed E-state index contributed by atoms with van der Waals surface area (Å²) in [6.45, 7) is 0.446. The van der Waals surface area contributed by atoms with Gasteiger partial charge < -0.3 is 10.4 Å². The summed E-state index contributed by atoms with van der Waals surface area (Å²) >= 11 is 0. The maximum Gasteiger partial charge on any atom is 0.419 e. The van der Waals surface area contributed by atoms with Gasteiger partial charge in [-0.2, -0.15) is 18.3 Å². The van der Waals surface area contributed by atoms with Gasteiger partial charge in [0.1, 0.15) is 0 Å². The van der Waals surface area contributed by atoms with Gasteiger partial charge in [-0.3, -0.25) is 4.68 Å². The molecule has 1 aromatic heterocycles. The van der Waals surface area contributed by atoms with E-state index >= 15 is 0 Å². The molecule has 1 aliphatic carbocycles. The number of nitrogens with zero attached hydrogens (tertiary/aromatic N) is 2. The zero-order valence-electron chi connectivity index (χ0n) is 9.11. The maximum absolute atomic E-state index is 12.3. The lowest BCUT2D eigenvalue weighted by Crippen LogP contribution is -2.31. The van der Waals surface area contributed by atoms with E-state index < -0.39 is 17.8 Å². The molecule has 1 saturated carbocycles. The minimum absolute atomic E-state index is 0.0653. The molecular weight excluding hydrogens is 235 g/mol. The molecule has 4 nitrogen and oxygen atoms in total. The fourth-order valence-electron chi connectivity index (χ4n) is 1.48. The molecule has 1 heterocycles. The first-order valence-corrected chi connectivity index (χ1v) is 5.46. The van der Waals surface area contributed by atoms with Crippen molar-refractivity contribution in [1.29, 1.82) is 0 Å². The lowest BCUT2D eigenvalue weighted by Gasteiger charge is -2.11. The summed E-state index contributed by atoms with van der Waals surface area (Å²) in [5.41, 5.74) is -0.792. The molecule has 1 unspecified atom stereocenters. The van der Waals surface area contributed by atoms with Crippen LogP contribution in [0.4, 0.5) is 13.2 Å². The Morgan fingerprint density at radius 3 is 2.76 bits per heavy atom. The van der Waals surface area contributed by atoms with Crippen molar-refractivity contribution < 1.29 is 18.3 Å². The van der Waals surface area contributed by atoms with E-state index in [0.717, 1.165) is 29.9 Å². The standard InChI is InChI=1S/C10H14F3N3O/c11-10(12,13)7-3-15-16(5-7)6-9(17)4-14-8-1-2-8/h3,5,8-9,14,17H,1-2,4,6H2. The van der Waals surface area contributed by atoms with Crippen molar-refractivity contribution >= 4 is 0 Å². The van der Waals surface area contributed by atoms with E-state index in [9.17, 15) is 18.3 Å². The van der Waals surface area contributed by atoms with Gasteiger partial charge >= 0.3 is 6.18 Å². The van der Waals surface area contributed by atoms with Gasteiger partial charge in [-0.15, -0.1) is 0 Å². The van der Waals surface area contributed by atoms with Crippen LogP contribution in [0, 0.1) is 0 Å². The summed E-state index contributed by atoms with van der Waals surface area (Å²) in [6, 6.07) is 0.466.